The molecule has 1 N–H and O–H groups in total. The van der Waals surface area contributed by atoms with Crippen molar-refractivity contribution in [1.29, 1.82) is 0 Å². The Bertz CT molecular complexity index is 303. The van der Waals surface area contributed by atoms with Crippen LogP contribution in [0, 0.1) is 0 Å². The predicted molar refractivity (Wildman–Crippen MR) is 68.1 cm³/mol. The lowest BCUT2D eigenvalue weighted by molar-refractivity contribution is 0.137. The first-order valence-electron chi connectivity index (χ1n) is 4.75. The molecule has 0 aliphatic carbocycles. The molecule has 0 bridgehead atoms. The third-order valence-electron chi connectivity index (χ3n) is 1.81. The van der Waals surface area contributed by atoms with Gasteiger partial charge in [-0.3, -0.25) is 0 Å². The van der Waals surface area contributed by atoms with Crippen LogP contribution in [0.1, 0.15) is 12.5 Å². The second-order valence-corrected chi connectivity index (χ2v) is 4.14. The minimum atomic E-state index is -0.358. The van der Waals surface area contributed by atoms with Gasteiger partial charge in [0.25, 0.3) is 0 Å². The maximum absolute atomic E-state index is 11.2. The Morgan fingerprint density at radius 1 is 1.47 bits per heavy atom. The van der Waals surface area contributed by atoms with Gasteiger partial charge in [-0.15, -0.1) is 0 Å². The average molecular weight is 319 g/mol. The first kappa shape index (κ1) is 12.3. The molecule has 1 aromatic rings. The Balaban J connectivity index is 2.29. The molecule has 15 heavy (non-hydrogen) atoms. The van der Waals surface area contributed by atoms with Crippen LogP contribution in [0.25, 0.3) is 0 Å². The molecule has 3 nitrogen and oxygen atoms in total. The topological polar surface area (TPSA) is 38.3 Å². The number of alkyl carbamates (subject to hydrolysis) is 1. The highest BCUT2D eigenvalue weighted by Gasteiger charge is 2.06. The van der Waals surface area contributed by atoms with Gasteiger partial charge in [0, 0.05) is 10.5 Å². The molecule has 82 valence electrons. The van der Waals surface area contributed by atoms with Crippen molar-refractivity contribution in [3.05, 3.63) is 35.9 Å². The van der Waals surface area contributed by atoms with E-state index in [1.165, 1.54) is 0 Å². The molecular formula is C11H14INO2. The number of amides is 1. The Kier molecular flexibility index (Phi) is 5.45. The maximum atomic E-state index is 11.2. The van der Waals surface area contributed by atoms with E-state index in [1.807, 2.05) is 37.3 Å². The van der Waals surface area contributed by atoms with E-state index in [1.54, 1.807) is 0 Å². The summed E-state index contributed by atoms with van der Waals surface area (Å²) in [6.45, 7) is 2.26. The third-order valence-corrected chi connectivity index (χ3v) is 3.13. The molecule has 0 aliphatic heterocycles. The summed E-state index contributed by atoms with van der Waals surface area (Å²) in [7, 11) is 0. The van der Waals surface area contributed by atoms with Gasteiger partial charge in [0.15, 0.2) is 0 Å². The third kappa shape index (κ3) is 5.01. The van der Waals surface area contributed by atoms with Crippen LogP contribution >= 0.6 is 22.6 Å². The maximum Gasteiger partial charge on any atom is 0.407 e. The molecule has 0 heterocycles. The van der Waals surface area contributed by atoms with Gasteiger partial charge in [-0.05, 0) is 12.5 Å². The van der Waals surface area contributed by atoms with Gasteiger partial charge >= 0.3 is 6.09 Å². The van der Waals surface area contributed by atoms with Gasteiger partial charge < -0.3 is 10.1 Å². The number of nitrogens with one attached hydrogen (secondary N) is 1. The number of alkyl halides is 1. The molecule has 1 aromatic carbocycles. The number of hydrogen-bond donors (Lipinski definition) is 1. The van der Waals surface area contributed by atoms with Gasteiger partial charge in [-0.1, -0.05) is 52.9 Å². The number of benzene rings is 1. The number of carbonyl (C=O) groups excluding carboxylic acids is 1. The van der Waals surface area contributed by atoms with E-state index in [9.17, 15) is 4.79 Å². The van der Waals surface area contributed by atoms with Gasteiger partial charge in [-0.25, -0.2) is 4.79 Å². The quantitative estimate of drug-likeness (QED) is 0.684. The van der Waals surface area contributed by atoms with Crippen LogP contribution in [0.2, 0.25) is 0 Å². The smallest absolute Gasteiger partial charge is 0.407 e. The highest BCUT2D eigenvalue weighted by atomic mass is 127. The SMILES string of the molecule is C[C@@H](CI)NC(=O)OCc1ccccc1. The second kappa shape index (κ2) is 6.66. The number of halogens is 1. The van der Waals surface area contributed by atoms with Gasteiger partial charge in [-0.2, -0.15) is 0 Å². The summed E-state index contributed by atoms with van der Waals surface area (Å²) in [4.78, 5) is 11.2. The fourth-order valence-corrected chi connectivity index (χ4v) is 1.22. The molecule has 1 atom stereocenters. The van der Waals surface area contributed by atoms with Crippen molar-refractivity contribution in [1.82, 2.24) is 5.32 Å². The first-order chi connectivity index (χ1) is 7.22. The summed E-state index contributed by atoms with van der Waals surface area (Å²) in [5.74, 6) is 0. The van der Waals surface area contributed by atoms with Crippen LogP contribution in [-0.4, -0.2) is 16.6 Å². The van der Waals surface area contributed by atoms with E-state index < -0.39 is 0 Å². The lowest BCUT2D eigenvalue weighted by Crippen LogP contribution is -2.33. The predicted octanol–water partition coefficient (Wildman–Crippen LogP) is 2.74. The summed E-state index contributed by atoms with van der Waals surface area (Å²) in [6.07, 6.45) is -0.358. The standard InChI is InChI=1S/C11H14INO2/c1-9(7-12)13-11(14)15-8-10-5-3-2-4-6-10/h2-6,9H,7-8H2,1H3,(H,13,14)/t9-/m0/s1. The molecule has 0 radical (unpaired) electrons. The summed E-state index contributed by atoms with van der Waals surface area (Å²) in [5.41, 5.74) is 0.995. The molecule has 0 unspecified atom stereocenters. The molecule has 0 saturated heterocycles. The van der Waals surface area contributed by atoms with Crippen LogP contribution < -0.4 is 5.32 Å². The molecule has 1 rings (SSSR count). The zero-order chi connectivity index (χ0) is 11.1. The molecule has 0 aliphatic rings. The summed E-state index contributed by atoms with van der Waals surface area (Å²) in [6, 6.07) is 9.77. The number of carbonyl (C=O) groups is 1. The van der Waals surface area contributed by atoms with E-state index >= 15 is 0 Å². The molecule has 1 amide bonds. The highest BCUT2D eigenvalue weighted by Crippen LogP contribution is 2.00. The number of rotatable bonds is 4. The Morgan fingerprint density at radius 2 is 2.13 bits per heavy atom. The Morgan fingerprint density at radius 3 is 2.73 bits per heavy atom. The lowest BCUT2D eigenvalue weighted by atomic mass is 10.2. The Hall–Kier alpha value is -0.780. The van der Waals surface area contributed by atoms with Crippen LogP contribution in [0.5, 0.6) is 0 Å². The van der Waals surface area contributed by atoms with E-state index in [4.69, 9.17) is 4.74 Å². The van der Waals surface area contributed by atoms with Crippen molar-refractivity contribution in [2.75, 3.05) is 4.43 Å². The van der Waals surface area contributed by atoms with Crippen molar-refractivity contribution in [2.24, 2.45) is 0 Å². The highest BCUT2D eigenvalue weighted by molar-refractivity contribution is 14.1. The average Bonchev–Trinajstić information content (AvgIpc) is 2.27. The van der Waals surface area contributed by atoms with Crippen molar-refractivity contribution < 1.29 is 9.53 Å². The van der Waals surface area contributed by atoms with E-state index in [0.29, 0.717) is 6.61 Å². The van der Waals surface area contributed by atoms with Crippen molar-refractivity contribution >= 4 is 28.7 Å². The fourth-order valence-electron chi connectivity index (χ4n) is 1.00. The fraction of sp³-hybridized carbons (Fsp3) is 0.364. The number of hydrogen-bond acceptors (Lipinski definition) is 2. The largest absolute Gasteiger partial charge is 0.445 e. The zero-order valence-electron chi connectivity index (χ0n) is 8.57. The van der Waals surface area contributed by atoms with Gasteiger partial charge in [0.05, 0.1) is 0 Å². The van der Waals surface area contributed by atoms with Crippen molar-refractivity contribution in [2.45, 2.75) is 19.6 Å². The minimum absolute atomic E-state index is 0.147. The molecule has 0 fully saturated rings. The van der Waals surface area contributed by atoms with Crippen LogP contribution in [0.3, 0.4) is 0 Å². The van der Waals surface area contributed by atoms with Gasteiger partial charge in [0.1, 0.15) is 6.61 Å². The van der Waals surface area contributed by atoms with Crippen molar-refractivity contribution in [3.63, 3.8) is 0 Å². The zero-order valence-corrected chi connectivity index (χ0v) is 10.7. The van der Waals surface area contributed by atoms with Crippen molar-refractivity contribution in [3.8, 4) is 0 Å². The second-order valence-electron chi connectivity index (χ2n) is 3.26. The molecule has 4 heteroatoms. The van der Waals surface area contributed by atoms with Crippen LogP contribution in [0.15, 0.2) is 30.3 Å². The molecule has 0 aromatic heterocycles. The molecular weight excluding hydrogens is 305 g/mol. The summed E-state index contributed by atoms with van der Waals surface area (Å²) >= 11 is 2.22. The molecule has 0 spiro atoms. The van der Waals surface area contributed by atoms with E-state index in [0.717, 1.165) is 9.99 Å². The van der Waals surface area contributed by atoms with E-state index in [2.05, 4.69) is 27.9 Å². The number of ether oxygens (including phenoxy) is 1. The van der Waals surface area contributed by atoms with Crippen LogP contribution in [0.4, 0.5) is 4.79 Å². The minimum Gasteiger partial charge on any atom is -0.445 e. The van der Waals surface area contributed by atoms with Crippen LogP contribution in [-0.2, 0) is 11.3 Å². The lowest BCUT2D eigenvalue weighted by Gasteiger charge is -2.10. The Labute approximate surface area is 103 Å². The normalized spacial score (nSPS) is 11.9. The summed E-state index contributed by atoms with van der Waals surface area (Å²) in [5, 5.41) is 2.73. The first-order valence-corrected chi connectivity index (χ1v) is 6.28. The van der Waals surface area contributed by atoms with E-state index in [-0.39, 0.29) is 12.1 Å². The monoisotopic (exact) mass is 319 g/mol. The molecule has 0 saturated carbocycles. The van der Waals surface area contributed by atoms with Gasteiger partial charge in [0.2, 0.25) is 0 Å². The summed E-state index contributed by atoms with van der Waals surface area (Å²) < 4.78 is 5.92.